The lowest BCUT2D eigenvalue weighted by Gasteiger charge is -2.34. The van der Waals surface area contributed by atoms with E-state index in [1.807, 2.05) is 0 Å². The number of hydrogen-bond acceptors (Lipinski definition) is 7. The quantitative estimate of drug-likeness (QED) is 0.663. The van der Waals surface area contributed by atoms with Gasteiger partial charge in [0.05, 0.1) is 17.0 Å². The predicted octanol–water partition coefficient (Wildman–Crippen LogP) is 1.95. The van der Waals surface area contributed by atoms with Gasteiger partial charge in [-0.15, -0.1) is 0 Å². The van der Waals surface area contributed by atoms with E-state index >= 15 is 0 Å². The molecule has 1 saturated carbocycles. The number of anilines is 1. The Hall–Kier alpha value is -2.48. The summed E-state index contributed by atoms with van der Waals surface area (Å²) in [5.74, 6) is 0.914. The molecule has 8 heteroatoms. The van der Waals surface area contributed by atoms with E-state index in [1.54, 1.807) is 30.1 Å². The zero-order chi connectivity index (χ0) is 15.7. The average molecular weight is 303 g/mol. The summed E-state index contributed by atoms with van der Waals surface area (Å²) in [4.78, 5) is 16.7. The van der Waals surface area contributed by atoms with Crippen molar-refractivity contribution in [1.82, 2.24) is 10.1 Å². The Bertz CT molecular complexity index is 695. The molecule has 0 aliphatic heterocycles. The summed E-state index contributed by atoms with van der Waals surface area (Å²) in [6, 6.07) is 6.54. The molecule has 8 nitrogen and oxygen atoms in total. The normalized spacial score (nSPS) is 16.1. The molecule has 3 rings (SSSR count). The van der Waals surface area contributed by atoms with Crippen molar-refractivity contribution in [2.75, 3.05) is 11.9 Å². The first-order valence-corrected chi connectivity index (χ1v) is 7.06. The smallest absolute Gasteiger partial charge is 0.292 e. The SMILES string of the molecule is CN(Cc1nc(C2(N)CCC2)no1)c1ccccc1[N+](=O)[O-]. The van der Waals surface area contributed by atoms with Gasteiger partial charge in [0.15, 0.2) is 5.82 Å². The molecule has 0 bridgehead atoms. The maximum absolute atomic E-state index is 11.1. The van der Waals surface area contributed by atoms with E-state index < -0.39 is 10.5 Å². The minimum Gasteiger partial charge on any atom is -0.360 e. The summed E-state index contributed by atoms with van der Waals surface area (Å²) in [7, 11) is 1.74. The zero-order valence-corrected chi connectivity index (χ0v) is 12.2. The first kappa shape index (κ1) is 14.5. The molecule has 1 aromatic carbocycles. The summed E-state index contributed by atoms with van der Waals surface area (Å²) in [5, 5.41) is 15.0. The molecule has 1 fully saturated rings. The molecule has 2 aromatic rings. The van der Waals surface area contributed by atoms with Crippen LogP contribution in [0, 0.1) is 10.1 Å². The van der Waals surface area contributed by atoms with Crippen LogP contribution in [0.2, 0.25) is 0 Å². The van der Waals surface area contributed by atoms with Crippen LogP contribution < -0.4 is 10.6 Å². The number of nitro benzene ring substituents is 1. The summed E-state index contributed by atoms with van der Waals surface area (Å²) in [5.41, 5.74) is 6.22. The molecule has 1 aromatic heterocycles. The van der Waals surface area contributed by atoms with Gasteiger partial charge in [-0.1, -0.05) is 17.3 Å². The van der Waals surface area contributed by atoms with Crippen LogP contribution in [0.3, 0.4) is 0 Å². The van der Waals surface area contributed by atoms with Gasteiger partial charge in [-0.05, 0) is 25.3 Å². The number of nitrogens with two attached hydrogens (primary N) is 1. The van der Waals surface area contributed by atoms with E-state index in [-0.39, 0.29) is 12.2 Å². The van der Waals surface area contributed by atoms with Crippen molar-refractivity contribution in [3.8, 4) is 0 Å². The van der Waals surface area contributed by atoms with Crippen LogP contribution in [-0.4, -0.2) is 22.1 Å². The van der Waals surface area contributed by atoms with Crippen LogP contribution in [-0.2, 0) is 12.1 Å². The van der Waals surface area contributed by atoms with Crippen LogP contribution in [0.15, 0.2) is 28.8 Å². The number of hydrogen-bond donors (Lipinski definition) is 1. The Kier molecular flexibility index (Phi) is 3.53. The standard InChI is InChI=1S/C14H17N5O3/c1-18(10-5-2-3-6-11(10)19(20)21)9-12-16-13(17-22-12)14(15)7-4-8-14/h2-3,5-6H,4,7-9,15H2,1H3. The van der Waals surface area contributed by atoms with Gasteiger partial charge in [0.2, 0.25) is 5.89 Å². The maximum atomic E-state index is 11.1. The van der Waals surface area contributed by atoms with E-state index in [0.717, 1.165) is 19.3 Å². The predicted molar refractivity (Wildman–Crippen MR) is 79.2 cm³/mol. The Labute approximate surface area is 127 Å². The molecule has 0 unspecified atom stereocenters. The molecule has 1 heterocycles. The van der Waals surface area contributed by atoms with E-state index in [2.05, 4.69) is 10.1 Å². The summed E-state index contributed by atoms with van der Waals surface area (Å²) in [6.45, 7) is 0.286. The van der Waals surface area contributed by atoms with Gasteiger partial charge in [-0.25, -0.2) is 0 Å². The molecule has 0 radical (unpaired) electrons. The second-order valence-electron chi connectivity index (χ2n) is 5.62. The van der Waals surface area contributed by atoms with E-state index in [1.165, 1.54) is 6.07 Å². The van der Waals surface area contributed by atoms with Gasteiger partial charge in [0.25, 0.3) is 5.69 Å². The maximum Gasteiger partial charge on any atom is 0.292 e. The Morgan fingerprint density at radius 3 is 2.82 bits per heavy atom. The first-order chi connectivity index (χ1) is 10.5. The lowest BCUT2D eigenvalue weighted by Crippen LogP contribution is -2.44. The Balaban J connectivity index is 1.77. The van der Waals surface area contributed by atoms with E-state index in [0.29, 0.717) is 17.4 Å². The van der Waals surface area contributed by atoms with Gasteiger partial charge in [-0.3, -0.25) is 10.1 Å². The third kappa shape index (κ3) is 2.52. The summed E-state index contributed by atoms with van der Waals surface area (Å²) in [6.07, 6.45) is 2.77. The Morgan fingerprint density at radius 2 is 2.18 bits per heavy atom. The molecular weight excluding hydrogens is 286 g/mol. The topological polar surface area (TPSA) is 111 Å². The number of aromatic nitrogens is 2. The zero-order valence-electron chi connectivity index (χ0n) is 12.2. The third-order valence-electron chi connectivity index (χ3n) is 4.02. The monoisotopic (exact) mass is 303 g/mol. The van der Waals surface area contributed by atoms with E-state index in [4.69, 9.17) is 10.3 Å². The van der Waals surface area contributed by atoms with Gasteiger partial charge in [0, 0.05) is 13.1 Å². The largest absolute Gasteiger partial charge is 0.360 e. The van der Waals surface area contributed by atoms with Gasteiger partial charge >= 0.3 is 0 Å². The van der Waals surface area contributed by atoms with Crippen LogP contribution in [0.5, 0.6) is 0 Å². The number of nitrogens with zero attached hydrogens (tertiary/aromatic N) is 4. The highest BCUT2D eigenvalue weighted by Gasteiger charge is 2.39. The third-order valence-corrected chi connectivity index (χ3v) is 4.02. The van der Waals surface area contributed by atoms with Crippen molar-refractivity contribution in [3.05, 3.63) is 46.1 Å². The lowest BCUT2D eigenvalue weighted by molar-refractivity contribution is -0.384. The van der Waals surface area contributed by atoms with Crippen LogP contribution in [0.1, 0.15) is 31.0 Å². The number of rotatable bonds is 5. The highest BCUT2D eigenvalue weighted by molar-refractivity contribution is 5.62. The van der Waals surface area contributed by atoms with Crippen molar-refractivity contribution in [2.45, 2.75) is 31.3 Å². The fourth-order valence-electron chi connectivity index (χ4n) is 2.53. The molecule has 0 atom stereocenters. The average Bonchev–Trinajstić information content (AvgIpc) is 2.93. The molecule has 0 spiro atoms. The molecule has 0 saturated heterocycles. The van der Waals surface area contributed by atoms with Crippen LogP contribution >= 0.6 is 0 Å². The summed E-state index contributed by atoms with van der Waals surface area (Å²) >= 11 is 0. The second-order valence-corrected chi connectivity index (χ2v) is 5.62. The lowest BCUT2D eigenvalue weighted by atomic mass is 9.77. The minimum absolute atomic E-state index is 0.0408. The fourth-order valence-corrected chi connectivity index (χ4v) is 2.53. The number of nitro groups is 1. The molecule has 1 aliphatic carbocycles. The van der Waals surface area contributed by atoms with Crippen molar-refractivity contribution < 1.29 is 9.45 Å². The van der Waals surface area contributed by atoms with Crippen molar-refractivity contribution in [3.63, 3.8) is 0 Å². The summed E-state index contributed by atoms with van der Waals surface area (Å²) < 4.78 is 5.23. The van der Waals surface area contributed by atoms with Crippen molar-refractivity contribution in [2.24, 2.45) is 5.73 Å². The Morgan fingerprint density at radius 1 is 1.45 bits per heavy atom. The number of para-hydroxylation sites is 2. The highest BCUT2D eigenvalue weighted by Crippen LogP contribution is 2.37. The molecular formula is C14H17N5O3. The second kappa shape index (κ2) is 5.38. The van der Waals surface area contributed by atoms with Gasteiger partial charge < -0.3 is 15.2 Å². The van der Waals surface area contributed by atoms with Crippen LogP contribution in [0.4, 0.5) is 11.4 Å². The number of benzene rings is 1. The highest BCUT2D eigenvalue weighted by atomic mass is 16.6. The fraction of sp³-hybridized carbons (Fsp3) is 0.429. The van der Waals surface area contributed by atoms with E-state index in [9.17, 15) is 10.1 Å². The molecule has 0 amide bonds. The van der Waals surface area contributed by atoms with Crippen molar-refractivity contribution in [1.29, 1.82) is 0 Å². The molecule has 2 N–H and O–H groups in total. The van der Waals surface area contributed by atoms with Crippen LogP contribution in [0.25, 0.3) is 0 Å². The van der Waals surface area contributed by atoms with Gasteiger partial charge in [0.1, 0.15) is 5.69 Å². The molecule has 1 aliphatic rings. The van der Waals surface area contributed by atoms with Crippen molar-refractivity contribution >= 4 is 11.4 Å². The molecule has 22 heavy (non-hydrogen) atoms. The first-order valence-electron chi connectivity index (χ1n) is 7.06. The minimum atomic E-state index is -0.473. The molecule has 116 valence electrons. The van der Waals surface area contributed by atoms with Gasteiger partial charge in [-0.2, -0.15) is 4.98 Å².